The zero-order chi connectivity index (χ0) is 12.7. The maximum Gasteiger partial charge on any atom is 0.0464 e. The molecule has 1 aromatic rings. The van der Waals surface area contributed by atoms with E-state index >= 15 is 0 Å². The minimum absolute atomic E-state index is 0.105. The van der Waals surface area contributed by atoms with E-state index in [1.165, 1.54) is 11.1 Å². The summed E-state index contributed by atoms with van der Waals surface area (Å²) in [7, 11) is 0. The first-order valence-electron chi connectivity index (χ1n) is 5.63. The largest absolute Gasteiger partial charge is 0.398 e. The van der Waals surface area contributed by atoms with Gasteiger partial charge in [-0.25, -0.2) is 0 Å². The van der Waals surface area contributed by atoms with Crippen molar-refractivity contribution in [3.05, 3.63) is 27.7 Å². The van der Waals surface area contributed by atoms with Crippen LogP contribution >= 0.6 is 15.9 Å². The van der Waals surface area contributed by atoms with Crippen LogP contribution in [0, 0.1) is 0 Å². The summed E-state index contributed by atoms with van der Waals surface area (Å²) >= 11 is 3.59. The Bertz CT molecular complexity index is 394. The summed E-state index contributed by atoms with van der Waals surface area (Å²) in [5, 5.41) is 0. The fraction of sp³-hybridized carbons (Fsp3) is 0.571. The smallest absolute Gasteiger partial charge is 0.0464 e. The molecule has 0 aliphatic carbocycles. The molecule has 0 saturated heterocycles. The molecule has 0 heterocycles. The van der Waals surface area contributed by atoms with E-state index in [4.69, 9.17) is 5.73 Å². The van der Waals surface area contributed by atoms with Gasteiger partial charge in [0.1, 0.15) is 0 Å². The highest BCUT2D eigenvalue weighted by Gasteiger charge is 2.23. The number of halogens is 1. The fourth-order valence-electron chi connectivity index (χ4n) is 1.63. The van der Waals surface area contributed by atoms with Crippen LogP contribution in [0.4, 0.5) is 5.69 Å². The van der Waals surface area contributed by atoms with Gasteiger partial charge in [-0.05, 0) is 44.0 Å². The molecule has 1 rings (SSSR count). The average molecular weight is 284 g/mol. The highest BCUT2D eigenvalue weighted by Crippen LogP contribution is 2.37. The molecular weight excluding hydrogens is 262 g/mol. The Labute approximate surface area is 108 Å². The van der Waals surface area contributed by atoms with Crippen LogP contribution in [-0.2, 0) is 10.8 Å². The second-order valence-corrected chi connectivity index (χ2v) is 7.22. The molecule has 2 N–H and O–H groups in total. The average Bonchev–Trinajstić information content (AvgIpc) is 2.05. The monoisotopic (exact) mass is 283 g/mol. The molecule has 90 valence electrons. The van der Waals surface area contributed by atoms with Gasteiger partial charge in [0.15, 0.2) is 0 Å². The number of hydrogen-bond donors (Lipinski definition) is 1. The van der Waals surface area contributed by atoms with Gasteiger partial charge < -0.3 is 5.73 Å². The lowest BCUT2D eigenvalue weighted by Crippen LogP contribution is -2.17. The predicted molar refractivity (Wildman–Crippen MR) is 76.0 cm³/mol. The second kappa shape index (κ2) is 4.06. The molecule has 0 radical (unpaired) electrons. The van der Waals surface area contributed by atoms with Crippen LogP contribution in [0.2, 0.25) is 0 Å². The van der Waals surface area contributed by atoms with Gasteiger partial charge in [-0.1, -0.05) is 47.6 Å². The molecule has 1 nitrogen and oxygen atoms in total. The molecule has 0 bridgehead atoms. The van der Waals surface area contributed by atoms with E-state index in [-0.39, 0.29) is 10.8 Å². The summed E-state index contributed by atoms with van der Waals surface area (Å²) in [4.78, 5) is 0. The van der Waals surface area contributed by atoms with E-state index in [0.29, 0.717) is 0 Å². The van der Waals surface area contributed by atoms with E-state index in [1.54, 1.807) is 0 Å². The number of benzene rings is 1. The molecule has 2 heteroatoms. The first-order valence-corrected chi connectivity index (χ1v) is 6.43. The third kappa shape index (κ3) is 2.79. The van der Waals surface area contributed by atoms with E-state index in [0.717, 1.165) is 10.2 Å². The molecule has 16 heavy (non-hydrogen) atoms. The molecule has 0 saturated carbocycles. The normalized spacial score (nSPS) is 12.9. The first-order chi connectivity index (χ1) is 7.03. The summed E-state index contributed by atoms with van der Waals surface area (Å²) in [6.45, 7) is 13.3. The number of anilines is 1. The summed E-state index contributed by atoms with van der Waals surface area (Å²) < 4.78 is 1.04. The van der Waals surface area contributed by atoms with Crippen molar-refractivity contribution in [3.8, 4) is 0 Å². The lowest BCUT2D eigenvalue weighted by Gasteiger charge is -2.27. The summed E-state index contributed by atoms with van der Waals surface area (Å²) in [6, 6.07) is 4.33. The van der Waals surface area contributed by atoms with E-state index in [1.807, 2.05) is 0 Å². The second-order valence-electron chi connectivity index (χ2n) is 6.43. The minimum atomic E-state index is 0.105. The highest BCUT2D eigenvalue weighted by atomic mass is 79.9. The van der Waals surface area contributed by atoms with Crippen molar-refractivity contribution < 1.29 is 0 Å². The van der Waals surface area contributed by atoms with E-state index in [2.05, 4.69) is 69.6 Å². The van der Waals surface area contributed by atoms with Crippen LogP contribution in [0.15, 0.2) is 16.6 Å². The Morgan fingerprint density at radius 1 is 0.938 bits per heavy atom. The predicted octanol–water partition coefficient (Wildman–Crippen LogP) is 4.63. The zero-order valence-corrected chi connectivity index (χ0v) is 12.7. The standard InChI is InChI=1S/C14H22BrN/c1-13(2,3)9-7-10(14(4,5)6)12(15)11(16)8-9/h7-8H,16H2,1-6H3. The molecule has 0 amide bonds. The molecule has 0 atom stereocenters. The lowest BCUT2D eigenvalue weighted by molar-refractivity contribution is 0.567. The van der Waals surface area contributed by atoms with Crippen LogP contribution in [0.25, 0.3) is 0 Å². The van der Waals surface area contributed by atoms with Gasteiger partial charge in [-0.3, -0.25) is 0 Å². The quantitative estimate of drug-likeness (QED) is 0.691. The Morgan fingerprint density at radius 2 is 1.44 bits per heavy atom. The number of hydrogen-bond acceptors (Lipinski definition) is 1. The summed E-state index contributed by atoms with van der Waals surface area (Å²) in [5.41, 5.74) is 9.70. The number of nitrogen functional groups attached to an aromatic ring is 1. The molecule has 1 aromatic carbocycles. The SMILES string of the molecule is CC(C)(C)c1cc(N)c(Br)c(C(C)(C)C)c1. The van der Waals surface area contributed by atoms with Crippen molar-refractivity contribution in [1.82, 2.24) is 0 Å². The Balaban J connectivity index is 3.46. The third-order valence-electron chi connectivity index (χ3n) is 2.77. The Hall–Kier alpha value is -0.500. The fourth-order valence-corrected chi connectivity index (χ4v) is 2.45. The van der Waals surface area contributed by atoms with Crippen molar-refractivity contribution >= 4 is 21.6 Å². The molecule has 0 fully saturated rings. The Morgan fingerprint density at radius 3 is 1.81 bits per heavy atom. The van der Waals surface area contributed by atoms with Crippen LogP contribution in [0.1, 0.15) is 52.7 Å². The van der Waals surface area contributed by atoms with Crippen LogP contribution in [-0.4, -0.2) is 0 Å². The molecule has 0 unspecified atom stereocenters. The number of nitrogens with two attached hydrogens (primary N) is 1. The molecule has 0 aliphatic rings. The van der Waals surface area contributed by atoms with Gasteiger partial charge in [-0.15, -0.1) is 0 Å². The maximum absolute atomic E-state index is 6.07. The van der Waals surface area contributed by atoms with Gasteiger partial charge >= 0.3 is 0 Å². The summed E-state index contributed by atoms with van der Waals surface area (Å²) in [6.07, 6.45) is 0. The van der Waals surface area contributed by atoms with Gasteiger partial charge in [0.25, 0.3) is 0 Å². The highest BCUT2D eigenvalue weighted by molar-refractivity contribution is 9.10. The number of rotatable bonds is 0. The lowest BCUT2D eigenvalue weighted by atomic mass is 9.80. The van der Waals surface area contributed by atoms with Gasteiger partial charge in [0, 0.05) is 10.2 Å². The van der Waals surface area contributed by atoms with Crippen LogP contribution in [0.3, 0.4) is 0 Å². The zero-order valence-electron chi connectivity index (χ0n) is 11.1. The van der Waals surface area contributed by atoms with Gasteiger partial charge in [-0.2, -0.15) is 0 Å². The van der Waals surface area contributed by atoms with Gasteiger partial charge in [0.05, 0.1) is 0 Å². The first kappa shape index (κ1) is 13.6. The van der Waals surface area contributed by atoms with Crippen molar-refractivity contribution in [3.63, 3.8) is 0 Å². The van der Waals surface area contributed by atoms with Crippen molar-refractivity contribution in [2.24, 2.45) is 0 Å². The van der Waals surface area contributed by atoms with E-state index in [9.17, 15) is 0 Å². The third-order valence-corrected chi connectivity index (χ3v) is 3.66. The molecule has 0 aromatic heterocycles. The van der Waals surface area contributed by atoms with Crippen LogP contribution < -0.4 is 5.73 Å². The van der Waals surface area contributed by atoms with Crippen molar-refractivity contribution in [2.75, 3.05) is 5.73 Å². The minimum Gasteiger partial charge on any atom is -0.398 e. The summed E-state index contributed by atoms with van der Waals surface area (Å²) in [5.74, 6) is 0. The van der Waals surface area contributed by atoms with Crippen molar-refractivity contribution in [1.29, 1.82) is 0 Å². The van der Waals surface area contributed by atoms with Gasteiger partial charge in [0.2, 0.25) is 0 Å². The van der Waals surface area contributed by atoms with E-state index < -0.39 is 0 Å². The topological polar surface area (TPSA) is 26.0 Å². The molecule has 0 spiro atoms. The molecule has 0 aliphatic heterocycles. The Kier molecular flexibility index (Phi) is 3.45. The molecular formula is C14H22BrN. The van der Waals surface area contributed by atoms with Crippen LogP contribution in [0.5, 0.6) is 0 Å². The van der Waals surface area contributed by atoms with Crippen molar-refractivity contribution in [2.45, 2.75) is 52.4 Å². The maximum atomic E-state index is 6.07.